The number of hydrogen-bond acceptors (Lipinski definition) is 5. The second-order valence-electron chi connectivity index (χ2n) is 7.84. The molecule has 32 heavy (non-hydrogen) atoms. The molecule has 3 aromatic carbocycles. The van der Waals surface area contributed by atoms with Crippen LogP contribution < -0.4 is 19.7 Å². The van der Waals surface area contributed by atoms with Gasteiger partial charge >= 0.3 is 0 Å². The van der Waals surface area contributed by atoms with E-state index in [0.717, 1.165) is 57.8 Å². The number of anilines is 3. The average Bonchev–Trinajstić information content (AvgIpc) is 2.83. The summed E-state index contributed by atoms with van der Waals surface area (Å²) in [4.78, 5) is 7.28. The van der Waals surface area contributed by atoms with Crippen molar-refractivity contribution in [1.82, 2.24) is 0 Å². The molecule has 3 aromatic rings. The average molecular weight is 424 g/mol. The fourth-order valence-electron chi connectivity index (χ4n) is 4.03. The fourth-order valence-corrected chi connectivity index (χ4v) is 4.03. The van der Waals surface area contributed by atoms with E-state index < -0.39 is 0 Å². The molecule has 0 bridgehead atoms. The minimum absolute atomic E-state index is 0.786. The van der Waals surface area contributed by atoms with Crippen molar-refractivity contribution in [1.29, 1.82) is 0 Å². The van der Waals surface area contributed by atoms with E-state index in [9.17, 15) is 0 Å². The molecule has 5 rings (SSSR count). The molecule has 0 radical (unpaired) electrons. The Bertz CT molecular complexity index is 1240. The highest BCUT2D eigenvalue weighted by atomic mass is 16.5. The molecule has 5 heteroatoms. The Morgan fingerprint density at radius 1 is 0.875 bits per heavy atom. The van der Waals surface area contributed by atoms with Crippen LogP contribution in [0.1, 0.15) is 12.0 Å². The van der Waals surface area contributed by atoms with Gasteiger partial charge in [0.1, 0.15) is 11.5 Å². The summed E-state index contributed by atoms with van der Waals surface area (Å²) < 4.78 is 10.6. The highest BCUT2D eigenvalue weighted by Crippen LogP contribution is 2.43. The van der Waals surface area contributed by atoms with Gasteiger partial charge in [0.25, 0.3) is 0 Å². The molecule has 160 valence electrons. The number of benzene rings is 3. The van der Waals surface area contributed by atoms with Gasteiger partial charge in [-0.05, 0) is 79.2 Å². The monoisotopic (exact) mass is 423 g/mol. The Hall–Kier alpha value is -3.99. The maximum Gasteiger partial charge on any atom is 0.119 e. The summed E-state index contributed by atoms with van der Waals surface area (Å²) in [6.07, 6.45) is 5.16. The number of aliphatic imine (C=N–C) groups is 1. The van der Waals surface area contributed by atoms with Crippen LogP contribution in [0.4, 0.5) is 22.7 Å². The Morgan fingerprint density at radius 3 is 2.25 bits per heavy atom. The molecule has 0 spiro atoms. The Kier molecular flexibility index (Phi) is 5.15. The third-order valence-corrected chi connectivity index (χ3v) is 5.67. The third-order valence-electron chi connectivity index (χ3n) is 5.67. The normalized spacial score (nSPS) is 14.5. The minimum atomic E-state index is 0.786. The molecule has 0 saturated carbocycles. The molecule has 2 aliphatic rings. The maximum atomic E-state index is 5.35. The molecule has 0 atom stereocenters. The van der Waals surface area contributed by atoms with E-state index in [4.69, 9.17) is 14.5 Å². The van der Waals surface area contributed by atoms with E-state index in [2.05, 4.69) is 59.6 Å². The lowest BCUT2D eigenvalue weighted by molar-refractivity contribution is 0.415. The summed E-state index contributed by atoms with van der Waals surface area (Å²) in [6, 6.07) is 22.5. The summed E-state index contributed by atoms with van der Waals surface area (Å²) in [5.74, 6) is 1.68. The lowest BCUT2D eigenvalue weighted by atomic mass is 10.00. The molecule has 1 aliphatic heterocycles. The van der Waals surface area contributed by atoms with Crippen molar-refractivity contribution in [3.8, 4) is 11.5 Å². The number of nitrogens with one attached hydrogen (secondary N) is 1. The van der Waals surface area contributed by atoms with Crippen LogP contribution in [0.5, 0.6) is 11.5 Å². The summed E-state index contributed by atoms with van der Waals surface area (Å²) in [5.41, 5.74) is 8.47. The van der Waals surface area contributed by atoms with E-state index >= 15 is 0 Å². The molecular formula is C27H25N3O2. The highest BCUT2D eigenvalue weighted by Gasteiger charge is 2.27. The fraction of sp³-hybridized carbons (Fsp3) is 0.148. The van der Waals surface area contributed by atoms with Crippen molar-refractivity contribution in [2.45, 2.75) is 13.3 Å². The van der Waals surface area contributed by atoms with E-state index in [0.29, 0.717) is 0 Å². The van der Waals surface area contributed by atoms with Gasteiger partial charge in [0.2, 0.25) is 0 Å². The van der Waals surface area contributed by atoms with Crippen LogP contribution in [0.2, 0.25) is 0 Å². The molecule has 0 aromatic heterocycles. The Morgan fingerprint density at radius 2 is 1.56 bits per heavy atom. The number of fused-ring (bicyclic) bond motifs is 2. The van der Waals surface area contributed by atoms with Crippen LogP contribution in [-0.4, -0.2) is 19.9 Å². The molecule has 0 amide bonds. The predicted octanol–water partition coefficient (Wildman–Crippen LogP) is 6.52. The van der Waals surface area contributed by atoms with Gasteiger partial charge < -0.3 is 19.7 Å². The zero-order valence-corrected chi connectivity index (χ0v) is 18.4. The van der Waals surface area contributed by atoms with Gasteiger partial charge in [-0.15, -0.1) is 0 Å². The third kappa shape index (κ3) is 3.73. The lowest BCUT2D eigenvalue weighted by Crippen LogP contribution is -2.27. The summed E-state index contributed by atoms with van der Waals surface area (Å²) in [5, 5.41) is 3.52. The van der Waals surface area contributed by atoms with E-state index in [-0.39, 0.29) is 0 Å². The molecule has 5 nitrogen and oxygen atoms in total. The van der Waals surface area contributed by atoms with Gasteiger partial charge in [0, 0.05) is 23.5 Å². The van der Waals surface area contributed by atoms with Crippen molar-refractivity contribution in [2.75, 3.05) is 24.4 Å². The van der Waals surface area contributed by atoms with Crippen molar-refractivity contribution in [2.24, 2.45) is 4.99 Å². The molecule has 1 N–H and O–H groups in total. The SMILES string of the molecule is COc1ccc(NC2=CC3=Nc4cc(C)ccc4N(c4ccc(OC)cc4)C3=CC2)cc1. The van der Waals surface area contributed by atoms with E-state index in [1.54, 1.807) is 14.2 Å². The first kappa shape index (κ1) is 19.9. The number of hydrogen-bond donors (Lipinski definition) is 1. The van der Waals surface area contributed by atoms with Crippen LogP contribution in [-0.2, 0) is 0 Å². The molecule has 0 fully saturated rings. The zero-order valence-electron chi connectivity index (χ0n) is 18.4. The first-order chi connectivity index (χ1) is 15.6. The van der Waals surface area contributed by atoms with Crippen molar-refractivity contribution in [3.05, 3.63) is 95.8 Å². The Labute approximate surface area is 188 Å². The number of methoxy groups -OCH3 is 2. The van der Waals surface area contributed by atoms with Crippen LogP contribution >= 0.6 is 0 Å². The smallest absolute Gasteiger partial charge is 0.119 e. The summed E-state index contributed by atoms with van der Waals surface area (Å²) in [7, 11) is 3.36. The Balaban J connectivity index is 1.52. The van der Waals surface area contributed by atoms with Gasteiger partial charge in [-0.25, -0.2) is 4.99 Å². The largest absolute Gasteiger partial charge is 0.497 e. The van der Waals surface area contributed by atoms with Crippen molar-refractivity contribution in [3.63, 3.8) is 0 Å². The number of allylic oxidation sites excluding steroid dienone is 2. The molecule has 1 aliphatic carbocycles. The number of nitrogens with zero attached hydrogens (tertiary/aromatic N) is 2. The van der Waals surface area contributed by atoms with Crippen LogP contribution in [0, 0.1) is 6.92 Å². The molecular weight excluding hydrogens is 398 g/mol. The molecule has 0 saturated heterocycles. The van der Waals surface area contributed by atoms with E-state index in [1.165, 1.54) is 5.56 Å². The summed E-state index contributed by atoms with van der Waals surface area (Å²) in [6.45, 7) is 2.09. The topological polar surface area (TPSA) is 46.1 Å². The van der Waals surface area contributed by atoms with Crippen LogP contribution in [0.3, 0.4) is 0 Å². The van der Waals surface area contributed by atoms with Crippen molar-refractivity contribution < 1.29 is 9.47 Å². The number of rotatable bonds is 5. The summed E-state index contributed by atoms with van der Waals surface area (Å²) >= 11 is 0. The number of ether oxygens (including phenoxy) is 2. The second kappa shape index (κ2) is 8.27. The predicted molar refractivity (Wildman–Crippen MR) is 131 cm³/mol. The van der Waals surface area contributed by atoms with Crippen LogP contribution in [0.15, 0.2) is 95.3 Å². The second-order valence-corrected chi connectivity index (χ2v) is 7.84. The maximum absolute atomic E-state index is 5.35. The van der Waals surface area contributed by atoms with Gasteiger partial charge in [0.15, 0.2) is 0 Å². The first-order valence-electron chi connectivity index (χ1n) is 10.6. The quantitative estimate of drug-likeness (QED) is 0.507. The highest BCUT2D eigenvalue weighted by molar-refractivity contribution is 6.17. The lowest BCUT2D eigenvalue weighted by Gasteiger charge is -2.34. The first-order valence-corrected chi connectivity index (χ1v) is 10.6. The molecule has 0 unspecified atom stereocenters. The standard InChI is InChI=1S/C27H25N3O2/c1-18-4-14-26-24(16-18)29-25-17-20(28-19-5-10-22(31-2)11-6-19)7-15-27(25)30(26)21-8-12-23(32-3)13-9-21/h4-6,8-17,28H,7H2,1-3H3. The van der Waals surface area contributed by atoms with Gasteiger partial charge in [-0.1, -0.05) is 12.1 Å². The minimum Gasteiger partial charge on any atom is -0.497 e. The zero-order chi connectivity index (χ0) is 22.1. The van der Waals surface area contributed by atoms with Gasteiger partial charge in [-0.3, -0.25) is 0 Å². The van der Waals surface area contributed by atoms with Gasteiger partial charge in [-0.2, -0.15) is 0 Å². The van der Waals surface area contributed by atoms with Crippen molar-refractivity contribution >= 4 is 28.5 Å². The molecule has 1 heterocycles. The van der Waals surface area contributed by atoms with E-state index in [1.807, 2.05) is 36.4 Å². The van der Waals surface area contributed by atoms with Crippen LogP contribution in [0.25, 0.3) is 0 Å². The van der Waals surface area contributed by atoms with Gasteiger partial charge in [0.05, 0.1) is 37.0 Å². The number of aryl methyl sites for hydroxylation is 1.